The number of aromatic nitrogens is 4. The lowest BCUT2D eigenvalue weighted by molar-refractivity contribution is -0.123. The molecule has 3 aromatic heterocycles. The van der Waals surface area contributed by atoms with Crippen molar-refractivity contribution < 1.29 is 4.79 Å². The topological polar surface area (TPSA) is 96.2 Å². The first kappa shape index (κ1) is 18.9. The molecule has 1 aliphatic rings. The summed E-state index contributed by atoms with van der Waals surface area (Å²) in [5.74, 6) is 1.63. The predicted octanol–water partition coefficient (Wildman–Crippen LogP) is 1.64. The Morgan fingerprint density at radius 1 is 1.32 bits per heavy atom. The largest absolute Gasteiger partial charge is 0.345 e. The molecule has 28 heavy (non-hydrogen) atoms. The number of rotatable bonds is 7. The SMILES string of the molecule is CSCC[C@@H](NC(=O)C1CC(c2cccnc2)NN1)c1nnc2ccccn12. The molecular formula is C19H23N7OS. The highest BCUT2D eigenvalue weighted by Gasteiger charge is 2.32. The van der Waals surface area contributed by atoms with Crippen LogP contribution in [-0.4, -0.2) is 43.5 Å². The number of amides is 1. The van der Waals surface area contributed by atoms with Crippen LogP contribution in [0.2, 0.25) is 0 Å². The monoisotopic (exact) mass is 397 g/mol. The minimum atomic E-state index is -0.318. The second-order valence-corrected chi connectivity index (χ2v) is 7.73. The average molecular weight is 398 g/mol. The molecule has 0 bridgehead atoms. The van der Waals surface area contributed by atoms with Gasteiger partial charge in [-0.2, -0.15) is 11.8 Å². The van der Waals surface area contributed by atoms with Gasteiger partial charge in [0.15, 0.2) is 11.5 Å². The van der Waals surface area contributed by atoms with E-state index >= 15 is 0 Å². The highest BCUT2D eigenvalue weighted by molar-refractivity contribution is 7.98. The number of carbonyl (C=O) groups is 1. The molecule has 0 spiro atoms. The van der Waals surface area contributed by atoms with E-state index in [1.54, 1.807) is 18.0 Å². The maximum atomic E-state index is 12.9. The van der Waals surface area contributed by atoms with Gasteiger partial charge >= 0.3 is 0 Å². The Kier molecular flexibility index (Phi) is 5.84. The van der Waals surface area contributed by atoms with E-state index in [1.165, 1.54) is 0 Å². The lowest BCUT2D eigenvalue weighted by Gasteiger charge is -2.19. The van der Waals surface area contributed by atoms with Gasteiger partial charge in [-0.1, -0.05) is 12.1 Å². The maximum Gasteiger partial charge on any atom is 0.239 e. The fourth-order valence-corrected chi connectivity index (χ4v) is 3.87. The number of hydrogen-bond donors (Lipinski definition) is 3. The molecular weight excluding hydrogens is 374 g/mol. The molecule has 2 unspecified atom stereocenters. The van der Waals surface area contributed by atoms with Gasteiger partial charge in [0.1, 0.15) is 6.04 Å². The molecule has 1 saturated heterocycles. The van der Waals surface area contributed by atoms with Gasteiger partial charge in [0.05, 0.1) is 6.04 Å². The number of carbonyl (C=O) groups excluding carboxylic acids is 1. The zero-order valence-corrected chi connectivity index (χ0v) is 16.4. The van der Waals surface area contributed by atoms with Gasteiger partial charge in [-0.15, -0.1) is 10.2 Å². The highest BCUT2D eigenvalue weighted by atomic mass is 32.2. The number of thioether (sulfide) groups is 1. The summed E-state index contributed by atoms with van der Waals surface area (Å²) in [5.41, 5.74) is 8.15. The smallest absolute Gasteiger partial charge is 0.239 e. The third-order valence-electron chi connectivity index (χ3n) is 4.89. The summed E-state index contributed by atoms with van der Waals surface area (Å²) in [6.07, 6.45) is 9.00. The Bertz CT molecular complexity index is 932. The first-order valence-electron chi connectivity index (χ1n) is 9.26. The third kappa shape index (κ3) is 4.01. The average Bonchev–Trinajstić information content (AvgIpc) is 3.39. The van der Waals surface area contributed by atoms with Crippen LogP contribution in [0, 0.1) is 0 Å². The van der Waals surface area contributed by atoms with Crippen LogP contribution in [-0.2, 0) is 4.79 Å². The van der Waals surface area contributed by atoms with Crippen LogP contribution < -0.4 is 16.2 Å². The number of hydrazine groups is 1. The first-order valence-corrected chi connectivity index (χ1v) is 10.7. The molecule has 4 rings (SSSR count). The van der Waals surface area contributed by atoms with Crippen LogP contribution in [0.5, 0.6) is 0 Å². The van der Waals surface area contributed by atoms with E-state index in [-0.39, 0.29) is 24.0 Å². The van der Waals surface area contributed by atoms with Crippen LogP contribution in [0.3, 0.4) is 0 Å². The van der Waals surface area contributed by atoms with E-state index in [0.29, 0.717) is 6.42 Å². The Balaban J connectivity index is 1.47. The lowest BCUT2D eigenvalue weighted by atomic mass is 10.0. The molecule has 4 heterocycles. The molecule has 1 amide bonds. The third-order valence-corrected chi connectivity index (χ3v) is 5.53. The minimum Gasteiger partial charge on any atom is -0.345 e. The number of nitrogens with one attached hydrogen (secondary N) is 3. The van der Waals surface area contributed by atoms with Crippen molar-refractivity contribution in [3.8, 4) is 0 Å². The molecule has 1 aliphatic heterocycles. The molecule has 3 aromatic rings. The van der Waals surface area contributed by atoms with E-state index in [1.807, 2.05) is 47.1 Å². The van der Waals surface area contributed by atoms with E-state index < -0.39 is 0 Å². The number of hydrogen-bond acceptors (Lipinski definition) is 7. The fraction of sp³-hybridized carbons (Fsp3) is 0.368. The van der Waals surface area contributed by atoms with Gasteiger partial charge in [-0.25, -0.2) is 10.9 Å². The van der Waals surface area contributed by atoms with Crippen molar-refractivity contribution in [3.63, 3.8) is 0 Å². The predicted molar refractivity (Wildman–Crippen MR) is 109 cm³/mol. The molecule has 3 N–H and O–H groups in total. The van der Waals surface area contributed by atoms with Crippen molar-refractivity contribution in [2.45, 2.75) is 31.0 Å². The van der Waals surface area contributed by atoms with Gasteiger partial charge in [0.2, 0.25) is 5.91 Å². The van der Waals surface area contributed by atoms with Crippen LogP contribution in [0.15, 0.2) is 48.9 Å². The Morgan fingerprint density at radius 2 is 2.25 bits per heavy atom. The Labute approximate surface area is 167 Å². The summed E-state index contributed by atoms with van der Waals surface area (Å²) in [5, 5.41) is 11.7. The second kappa shape index (κ2) is 8.68. The summed E-state index contributed by atoms with van der Waals surface area (Å²) in [7, 11) is 0. The van der Waals surface area contributed by atoms with E-state index in [4.69, 9.17) is 0 Å². The second-order valence-electron chi connectivity index (χ2n) is 6.75. The standard InChI is InChI=1S/C19H23N7OS/c1-28-10-7-14(18-25-24-17-6-2-3-9-26(17)18)21-19(27)16-11-15(22-23-16)13-5-4-8-20-12-13/h2-6,8-9,12,14-16,22-23H,7,10-11H2,1H3,(H,21,27)/t14-,15?,16?/m1/s1. The van der Waals surface area contributed by atoms with Gasteiger partial charge in [0, 0.05) is 24.6 Å². The van der Waals surface area contributed by atoms with E-state index in [0.717, 1.165) is 29.2 Å². The molecule has 9 heteroatoms. The van der Waals surface area contributed by atoms with Crippen LogP contribution in [0.25, 0.3) is 5.65 Å². The first-order chi connectivity index (χ1) is 13.8. The molecule has 0 radical (unpaired) electrons. The Morgan fingerprint density at radius 3 is 3.07 bits per heavy atom. The van der Waals surface area contributed by atoms with Crippen molar-refractivity contribution >= 4 is 23.3 Å². The molecule has 0 saturated carbocycles. The highest BCUT2D eigenvalue weighted by Crippen LogP contribution is 2.23. The zero-order chi connectivity index (χ0) is 19.3. The number of pyridine rings is 2. The summed E-state index contributed by atoms with van der Waals surface area (Å²) >= 11 is 1.75. The molecule has 1 fully saturated rings. The minimum absolute atomic E-state index is 0.0438. The maximum absolute atomic E-state index is 12.9. The fourth-order valence-electron chi connectivity index (χ4n) is 3.40. The zero-order valence-electron chi connectivity index (χ0n) is 15.6. The van der Waals surface area contributed by atoms with E-state index in [2.05, 4.69) is 37.6 Å². The van der Waals surface area contributed by atoms with Crippen molar-refractivity contribution in [3.05, 3.63) is 60.3 Å². The number of fused-ring (bicyclic) bond motifs is 1. The lowest BCUT2D eigenvalue weighted by Crippen LogP contribution is -2.44. The molecule has 8 nitrogen and oxygen atoms in total. The summed E-state index contributed by atoms with van der Waals surface area (Å²) in [4.78, 5) is 17.1. The van der Waals surface area contributed by atoms with Crippen LogP contribution >= 0.6 is 11.8 Å². The Hall–Kier alpha value is -2.49. The molecule has 146 valence electrons. The molecule has 0 aliphatic carbocycles. The van der Waals surface area contributed by atoms with Crippen molar-refractivity contribution in [1.82, 2.24) is 35.8 Å². The quantitative estimate of drug-likeness (QED) is 0.558. The van der Waals surface area contributed by atoms with Crippen molar-refractivity contribution in [1.29, 1.82) is 0 Å². The summed E-state index contributed by atoms with van der Waals surface area (Å²) in [6, 6.07) is 9.23. The number of nitrogens with zero attached hydrogens (tertiary/aromatic N) is 4. The summed E-state index contributed by atoms with van der Waals surface area (Å²) < 4.78 is 1.93. The van der Waals surface area contributed by atoms with Crippen molar-refractivity contribution in [2.75, 3.05) is 12.0 Å². The van der Waals surface area contributed by atoms with Gasteiger partial charge in [-0.05, 0) is 48.6 Å². The van der Waals surface area contributed by atoms with Gasteiger partial charge in [0.25, 0.3) is 0 Å². The molecule has 3 atom stereocenters. The normalized spacial score (nSPS) is 20.3. The van der Waals surface area contributed by atoms with Crippen LogP contribution in [0.4, 0.5) is 0 Å². The molecule has 0 aromatic carbocycles. The van der Waals surface area contributed by atoms with Gasteiger partial charge in [-0.3, -0.25) is 14.2 Å². The van der Waals surface area contributed by atoms with Crippen molar-refractivity contribution in [2.24, 2.45) is 0 Å². The summed E-state index contributed by atoms with van der Waals surface area (Å²) in [6.45, 7) is 0. The van der Waals surface area contributed by atoms with E-state index in [9.17, 15) is 4.79 Å². The van der Waals surface area contributed by atoms with Crippen LogP contribution in [0.1, 0.15) is 36.3 Å². The van der Waals surface area contributed by atoms with Gasteiger partial charge < -0.3 is 5.32 Å².